The van der Waals surface area contributed by atoms with Crippen molar-refractivity contribution in [3.63, 3.8) is 0 Å². The van der Waals surface area contributed by atoms with Crippen molar-refractivity contribution in [2.24, 2.45) is 0 Å². The highest BCUT2D eigenvalue weighted by molar-refractivity contribution is 5.64. The molecule has 1 fully saturated rings. The topological polar surface area (TPSA) is 55.2 Å². The molecular formula is C15H22N2O2. The van der Waals surface area contributed by atoms with Crippen LogP contribution in [-0.2, 0) is 0 Å². The number of nitro groups is 1. The summed E-state index contributed by atoms with van der Waals surface area (Å²) in [6.07, 6.45) is 7.24. The predicted octanol–water partition coefficient (Wildman–Crippen LogP) is 4.35. The highest BCUT2D eigenvalue weighted by Gasteiger charge is 2.19. The lowest BCUT2D eigenvalue weighted by molar-refractivity contribution is -0.384. The minimum atomic E-state index is -0.286. The molecule has 1 aliphatic carbocycles. The maximum absolute atomic E-state index is 11.2. The molecule has 1 N–H and O–H groups in total. The van der Waals surface area contributed by atoms with Crippen LogP contribution in [0.3, 0.4) is 0 Å². The third-order valence-electron chi connectivity index (χ3n) is 4.02. The largest absolute Gasteiger partial charge is 0.377 e. The van der Waals surface area contributed by atoms with Crippen LogP contribution in [0.5, 0.6) is 0 Å². The van der Waals surface area contributed by atoms with E-state index in [-0.39, 0.29) is 10.6 Å². The van der Waals surface area contributed by atoms with Gasteiger partial charge in [-0.3, -0.25) is 10.1 Å². The first-order valence-corrected chi connectivity index (χ1v) is 7.10. The van der Waals surface area contributed by atoms with Crippen LogP contribution >= 0.6 is 0 Å². The minimum absolute atomic E-state index is 0.201. The fraction of sp³-hybridized carbons (Fsp3) is 0.600. The van der Waals surface area contributed by atoms with Crippen molar-refractivity contribution in [1.82, 2.24) is 0 Å². The van der Waals surface area contributed by atoms with Gasteiger partial charge in [0.05, 0.1) is 4.92 Å². The lowest BCUT2D eigenvalue weighted by atomic mass is 10.1. The number of aryl methyl sites for hydroxylation is 2. The van der Waals surface area contributed by atoms with Crippen molar-refractivity contribution >= 4 is 11.4 Å². The van der Waals surface area contributed by atoms with Crippen molar-refractivity contribution in [2.75, 3.05) is 5.32 Å². The van der Waals surface area contributed by atoms with E-state index in [1.807, 2.05) is 19.9 Å². The summed E-state index contributed by atoms with van der Waals surface area (Å²) in [5, 5.41) is 14.6. The van der Waals surface area contributed by atoms with Crippen LogP contribution in [0, 0.1) is 24.0 Å². The number of nitrogens with one attached hydrogen (secondary N) is 1. The van der Waals surface area contributed by atoms with Crippen molar-refractivity contribution < 1.29 is 4.92 Å². The van der Waals surface area contributed by atoms with Crippen LogP contribution in [0.25, 0.3) is 0 Å². The Morgan fingerprint density at radius 2 is 1.68 bits per heavy atom. The zero-order chi connectivity index (χ0) is 13.8. The van der Waals surface area contributed by atoms with Gasteiger partial charge in [-0.2, -0.15) is 0 Å². The van der Waals surface area contributed by atoms with Gasteiger partial charge in [-0.15, -0.1) is 0 Å². The summed E-state index contributed by atoms with van der Waals surface area (Å²) >= 11 is 0. The van der Waals surface area contributed by atoms with Gasteiger partial charge >= 0.3 is 0 Å². The first-order chi connectivity index (χ1) is 9.08. The molecule has 0 heterocycles. The molecule has 4 nitrogen and oxygen atoms in total. The second-order valence-corrected chi connectivity index (χ2v) is 5.54. The van der Waals surface area contributed by atoms with E-state index in [1.54, 1.807) is 6.07 Å². The first-order valence-electron chi connectivity index (χ1n) is 7.10. The summed E-state index contributed by atoms with van der Waals surface area (Å²) in [7, 11) is 0. The van der Waals surface area contributed by atoms with Crippen LogP contribution in [0.15, 0.2) is 12.1 Å². The van der Waals surface area contributed by atoms with Gasteiger partial charge < -0.3 is 5.32 Å². The van der Waals surface area contributed by atoms with Crippen molar-refractivity contribution in [3.8, 4) is 0 Å². The number of nitro benzene ring substituents is 1. The Morgan fingerprint density at radius 1 is 1.11 bits per heavy atom. The molecule has 0 unspecified atom stereocenters. The maximum atomic E-state index is 11.2. The van der Waals surface area contributed by atoms with E-state index in [1.165, 1.54) is 25.7 Å². The van der Waals surface area contributed by atoms with Gasteiger partial charge in [0.25, 0.3) is 5.69 Å². The number of hydrogen-bond acceptors (Lipinski definition) is 3. The van der Waals surface area contributed by atoms with E-state index in [0.717, 1.165) is 24.0 Å². The molecule has 1 aliphatic rings. The average Bonchev–Trinajstić information content (AvgIpc) is 2.62. The molecule has 1 aromatic rings. The summed E-state index contributed by atoms with van der Waals surface area (Å²) in [6, 6.07) is 3.97. The molecule has 1 saturated carbocycles. The SMILES string of the molecule is Cc1cc(NC2CCCCCC2)c([N+](=O)[O-])cc1C. The van der Waals surface area contributed by atoms with E-state index in [0.29, 0.717) is 11.7 Å². The molecule has 0 saturated heterocycles. The lowest BCUT2D eigenvalue weighted by Crippen LogP contribution is -2.19. The second kappa shape index (κ2) is 6.04. The highest BCUT2D eigenvalue weighted by atomic mass is 16.6. The predicted molar refractivity (Wildman–Crippen MR) is 77.7 cm³/mol. The van der Waals surface area contributed by atoms with E-state index in [9.17, 15) is 10.1 Å². The second-order valence-electron chi connectivity index (χ2n) is 5.54. The maximum Gasteiger partial charge on any atom is 0.292 e. The Morgan fingerprint density at radius 3 is 2.26 bits per heavy atom. The molecule has 0 spiro atoms. The van der Waals surface area contributed by atoms with Gasteiger partial charge in [0.15, 0.2) is 0 Å². The number of nitrogens with zero attached hydrogens (tertiary/aromatic N) is 1. The summed E-state index contributed by atoms with van der Waals surface area (Å²) in [5.74, 6) is 0. The Balaban J connectivity index is 2.22. The Labute approximate surface area is 114 Å². The molecular weight excluding hydrogens is 240 g/mol. The summed E-state index contributed by atoms with van der Waals surface area (Å²) in [5.41, 5.74) is 2.95. The van der Waals surface area contributed by atoms with E-state index >= 15 is 0 Å². The fourth-order valence-corrected chi connectivity index (χ4v) is 2.71. The summed E-state index contributed by atoms with van der Waals surface area (Å²) in [6.45, 7) is 3.91. The molecule has 0 amide bonds. The molecule has 2 rings (SSSR count). The quantitative estimate of drug-likeness (QED) is 0.500. The van der Waals surface area contributed by atoms with Crippen LogP contribution in [-0.4, -0.2) is 11.0 Å². The van der Waals surface area contributed by atoms with Gasteiger partial charge in [-0.1, -0.05) is 25.7 Å². The van der Waals surface area contributed by atoms with Gasteiger partial charge in [-0.25, -0.2) is 0 Å². The van der Waals surface area contributed by atoms with E-state index < -0.39 is 0 Å². The zero-order valence-corrected chi connectivity index (χ0v) is 11.7. The Bertz CT molecular complexity index is 463. The van der Waals surface area contributed by atoms with Gasteiger partial charge in [0.2, 0.25) is 0 Å². The normalized spacial score (nSPS) is 16.9. The van der Waals surface area contributed by atoms with Gasteiger partial charge in [-0.05, 0) is 43.9 Å². The van der Waals surface area contributed by atoms with Crippen LogP contribution in [0.4, 0.5) is 11.4 Å². The number of rotatable bonds is 3. The third kappa shape index (κ3) is 3.46. The van der Waals surface area contributed by atoms with Crippen LogP contribution in [0.2, 0.25) is 0 Å². The third-order valence-corrected chi connectivity index (χ3v) is 4.02. The number of benzene rings is 1. The van der Waals surface area contributed by atoms with E-state index in [4.69, 9.17) is 0 Å². The van der Waals surface area contributed by atoms with Crippen molar-refractivity contribution in [1.29, 1.82) is 0 Å². The molecule has 1 aromatic carbocycles. The van der Waals surface area contributed by atoms with Crippen molar-refractivity contribution in [2.45, 2.75) is 58.4 Å². The van der Waals surface area contributed by atoms with Crippen molar-refractivity contribution in [3.05, 3.63) is 33.4 Å². The summed E-state index contributed by atoms with van der Waals surface area (Å²) < 4.78 is 0. The number of hydrogen-bond donors (Lipinski definition) is 1. The smallest absolute Gasteiger partial charge is 0.292 e. The molecule has 19 heavy (non-hydrogen) atoms. The molecule has 0 radical (unpaired) electrons. The lowest BCUT2D eigenvalue weighted by Gasteiger charge is -2.18. The zero-order valence-electron chi connectivity index (χ0n) is 11.7. The monoisotopic (exact) mass is 262 g/mol. The number of anilines is 1. The van der Waals surface area contributed by atoms with Gasteiger partial charge in [0, 0.05) is 12.1 Å². The molecule has 4 heteroatoms. The van der Waals surface area contributed by atoms with E-state index in [2.05, 4.69) is 5.32 Å². The molecule has 0 bridgehead atoms. The van der Waals surface area contributed by atoms with Crippen LogP contribution in [0.1, 0.15) is 49.7 Å². The van der Waals surface area contributed by atoms with Gasteiger partial charge in [0.1, 0.15) is 5.69 Å². The Hall–Kier alpha value is -1.58. The standard InChI is InChI=1S/C15H22N2O2/c1-11-9-14(15(17(18)19)10-12(11)2)16-13-7-5-3-4-6-8-13/h9-10,13,16H,3-8H2,1-2H3. The molecule has 104 valence electrons. The summed E-state index contributed by atoms with van der Waals surface area (Å²) in [4.78, 5) is 10.9. The molecule has 0 aliphatic heterocycles. The highest BCUT2D eigenvalue weighted by Crippen LogP contribution is 2.30. The minimum Gasteiger partial charge on any atom is -0.377 e. The average molecular weight is 262 g/mol. The fourth-order valence-electron chi connectivity index (χ4n) is 2.71. The molecule has 0 atom stereocenters. The van der Waals surface area contributed by atoms with Crippen LogP contribution < -0.4 is 5.32 Å². The molecule has 0 aromatic heterocycles. The Kier molecular flexibility index (Phi) is 4.40. The first kappa shape index (κ1) is 13.8.